The molecule has 4 heteroatoms. The predicted molar refractivity (Wildman–Crippen MR) is 82.2 cm³/mol. The number of likely N-dealkylation sites (tertiary alicyclic amines) is 1. The molecule has 2 heterocycles. The Balaban J connectivity index is 1.53. The van der Waals surface area contributed by atoms with Crippen LogP contribution in [0.2, 0.25) is 0 Å². The Morgan fingerprint density at radius 1 is 1.19 bits per heavy atom. The van der Waals surface area contributed by atoms with Gasteiger partial charge in [-0.25, -0.2) is 0 Å². The second-order valence-electron chi connectivity index (χ2n) is 6.28. The second-order valence-corrected chi connectivity index (χ2v) is 6.28. The minimum atomic E-state index is 0.0461. The molecule has 0 bridgehead atoms. The SMILES string of the molecule is Cc1noc(C2(C)CCN(CCc3ccccc3)CC2)n1. The quantitative estimate of drug-likeness (QED) is 0.866. The molecule has 1 aromatic heterocycles. The molecule has 0 atom stereocenters. The number of hydrogen-bond donors (Lipinski definition) is 0. The Hall–Kier alpha value is -1.68. The third kappa shape index (κ3) is 3.32. The van der Waals surface area contributed by atoms with Gasteiger partial charge in [-0.1, -0.05) is 42.4 Å². The maximum absolute atomic E-state index is 5.39. The third-order valence-electron chi connectivity index (χ3n) is 4.56. The highest BCUT2D eigenvalue weighted by molar-refractivity contribution is 5.15. The van der Waals surface area contributed by atoms with Gasteiger partial charge in [0.1, 0.15) is 0 Å². The molecule has 1 aliphatic rings. The van der Waals surface area contributed by atoms with Crippen LogP contribution in [0.15, 0.2) is 34.9 Å². The maximum atomic E-state index is 5.39. The zero-order valence-electron chi connectivity index (χ0n) is 12.9. The standard InChI is InChI=1S/C17H23N3O/c1-14-18-16(21-19-14)17(2)9-12-20(13-10-17)11-8-15-6-4-3-5-7-15/h3-7H,8-13H2,1-2H3. The molecule has 0 radical (unpaired) electrons. The number of benzene rings is 1. The van der Waals surface area contributed by atoms with Crippen molar-refractivity contribution in [3.8, 4) is 0 Å². The fourth-order valence-electron chi connectivity index (χ4n) is 2.96. The lowest BCUT2D eigenvalue weighted by Crippen LogP contribution is -2.41. The minimum Gasteiger partial charge on any atom is -0.339 e. The topological polar surface area (TPSA) is 42.2 Å². The van der Waals surface area contributed by atoms with Gasteiger partial charge in [-0.2, -0.15) is 4.98 Å². The lowest BCUT2D eigenvalue weighted by Gasteiger charge is -2.36. The van der Waals surface area contributed by atoms with Crippen molar-refractivity contribution in [3.05, 3.63) is 47.6 Å². The van der Waals surface area contributed by atoms with E-state index in [0.29, 0.717) is 0 Å². The van der Waals surface area contributed by atoms with Crippen molar-refractivity contribution < 1.29 is 4.52 Å². The second kappa shape index (κ2) is 5.98. The molecule has 1 aliphatic heterocycles. The normalized spacial score (nSPS) is 18.8. The van der Waals surface area contributed by atoms with Gasteiger partial charge in [-0.15, -0.1) is 0 Å². The van der Waals surface area contributed by atoms with Crippen LogP contribution >= 0.6 is 0 Å². The van der Waals surface area contributed by atoms with E-state index in [2.05, 4.69) is 52.3 Å². The van der Waals surface area contributed by atoms with Gasteiger partial charge in [0.25, 0.3) is 0 Å². The van der Waals surface area contributed by atoms with E-state index >= 15 is 0 Å². The molecule has 0 amide bonds. The molecule has 3 rings (SSSR count). The van der Waals surface area contributed by atoms with Crippen molar-refractivity contribution in [2.45, 2.75) is 38.5 Å². The number of piperidine rings is 1. The molecule has 4 nitrogen and oxygen atoms in total. The van der Waals surface area contributed by atoms with Crippen LogP contribution in [0.1, 0.15) is 37.0 Å². The fourth-order valence-corrected chi connectivity index (χ4v) is 2.96. The summed E-state index contributed by atoms with van der Waals surface area (Å²) in [6.45, 7) is 7.46. The van der Waals surface area contributed by atoms with E-state index in [1.165, 1.54) is 5.56 Å². The van der Waals surface area contributed by atoms with Crippen LogP contribution in [-0.2, 0) is 11.8 Å². The molecular formula is C17H23N3O. The molecule has 112 valence electrons. The Kier molecular flexibility index (Phi) is 4.06. The molecule has 0 N–H and O–H groups in total. The first kappa shape index (κ1) is 14.3. The number of nitrogens with zero attached hydrogens (tertiary/aromatic N) is 3. The van der Waals surface area contributed by atoms with Crippen molar-refractivity contribution in [2.75, 3.05) is 19.6 Å². The number of hydrogen-bond acceptors (Lipinski definition) is 4. The van der Waals surface area contributed by atoms with Crippen LogP contribution in [0.4, 0.5) is 0 Å². The number of aromatic nitrogens is 2. The van der Waals surface area contributed by atoms with Gasteiger partial charge < -0.3 is 9.42 Å². The van der Waals surface area contributed by atoms with Crippen molar-refractivity contribution in [3.63, 3.8) is 0 Å². The molecule has 2 aromatic rings. The summed E-state index contributed by atoms with van der Waals surface area (Å²) in [7, 11) is 0. The largest absolute Gasteiger partial charge is 0.339 e. The summed E-state index contributed by atoms with van der Waals surface area (Å²) in [5, 5.41) is 3.93. The number of rotatable bonds is 4. The monoisotopic (exact) mass is 285 g/mol. The summed E-state index contributed by atoms with van der Waals surface area (Å²) in [6, 6.07) is 10.7. The Bertz CT molecular complexity index is 571. The average Bonchev–Trinajstić information content (AvgIpc) is 2.95. The van der Waals surface area contributed by atoms with Crippen molar-refractivity contribution >= 4 is 0 Å². The summed E-state index contributed by atoms with van der Waals surface area (Å²) in [6.07, 6.45) is 3.30. The van der Waals surface area contributed by atoms with E-state index < -0.39 is 0 Å². The van der Waals surface area contributed by atoms with Crippen molar-refractivity contribution in [1.29, 1.82) is 0 Å². The van der Waals surface area contributed by atoms with E-state index in [-0.39, 0.29) is 5.41 Å². The summed E-state index contributed by atoms with van der Waals surface area (Å²) in [5.41, 5.74) is 1.46. The molecule has 0 saturated carbocycles. The molecule has 1 aromatic carbocycles. The van der Waals surface area contributed by atoms with E-state index in [1.54, 1.807) is 0 Å². The van der Waals surface area contributed by atoms with Crippen LogP contribution in [0.3, 0.4) is 0 Å². The Morgan fingerprint density at radius 2 is 1.90 bits per heavy atom. The zero-order chi connectivity index (χ0) is 14.7. The van der Waals surface area contributed by atoms with Gasteiger partial charge in [0.2, 0.25) is 5.89 Å². The summed E-state index contributed by atoms with van der Waals surface area (Å²) < 4.78 is 5.39. The van der Waals surface area contributed by atoms with Gasteiger partial charge in [0, 0.05) is 12.0 Å². The lowest BCUT2D eigenvalue weighted by atomic mass is 9.80. The van der Waals surface area contributed by atoms with Gasteiger partial charge >= 0.3 is 0 Å². The molecule has 0 unspecified atom stereocenters. The first-order valence-corrected chi connectivity index (χ1v) is 7.73. The minimum absolute atomic E-state index is 0.0461. The molecule has 0 spiro atoms. The lowest BCUT2D eigenvalue weighted by molar-refractivity contribution is 0.144. The third-order valence-corrected chi connectivity index (χ3v) is 4.56. The van der Waals surface area contributed by atoms with E-state index in [1.807, 2.05) is 6.92 Å². The first-order chi connectivity index (χ1) is 10.2. The molecule has 21 heavy (non-hydrogen) atoms. The van der Waals surface area contributed by atoms with Crippen LogP contribution in [0, 0.1) is 6.92 Å². The predicted octanol–water partition coefficient (Wildman–Crippen LogP) is 2.97. The maximum Gasteiger partial charge on any atom is 0.232 e. The smallest absolute Gasteiger partial charge is 0.232 e. The van der Waals surface area contributed by atoms with Crippen LogP contribution < -0.4 is 0 Å². The van der Waals surface area contributed by atoms with Crippen molar-refractivity contribution in [2.24, 2.45) is 0 Å². The summed E-state index contributed by atoms with van der Waals surface area (Å²) >= 11 is 0. The van der Waals surface area contributed by atoms with E-state index in [0.717, 1.165) is 50.6 Å². The Labute approximate surface area is 126 Å². The van der Waals surface area contributed by atoms with Crippen LogP contribution in [0.25, 0.3) is 0 Å². The highest BCUT2D eigenvalue weighted by Gasteiger charge is 2.36. The molecule has 1 saturated heterocycles. The Morgan fingerprint density at radius 3 is 2.52 bits per heavy atom. The van der Waals surface area contributed by atoms with Gasteiger partial charge in [0.15, 0.2) is 5.82 Å². The molecule has 1 fully saturated rings. The van der Waals surface area contributed by atoms with Crippen molar-refractivity contribution in [1.82, 2.24) is 15.0 Å². The molecule has 0 aliphatic carbocycles. The zero-order valence-corrected chi connectivity index (χ0v) is 12.9. The summed E-state index contributed by atoms with van der Waals surface area (Å²) in [4.78, 5) is 6.97. The first-order valence-electron chi connectivity index (χ1n) is 7.73. The average molecular weight is 285 g/mol. The molecular weight excluding hydrogens is 262 g/mol. The number of aryl methyl sites for hydroxylation is 1. The highest BCUT2D eigenvalue weighted by Crippen LogP contribution is 2.33. The summed E-state index contributed by atoms with van der Waals surface area (Å²) in [5.74, 6) is 1.54. The highest BCUT2D eigenvalue weighted by atomic mass is 16.5. The van der Waals surface area contributed by atoms with Gasteiger partial charge in [-0.05, 0) is 44.8 Å². The van der Waals surface area contributed by atoms with Gasteiger partial charge in [-0.3, -0.25) is 0 Å². The fraction of sp³-hybridized carbons (Fsp3) is 0.529. The van der Waals surface area contributed by atoms with E-state index in [9.17, 15) is 0 Å². The van der Waals surface area contributed by atoms with Crippen LogP contribution in [-0.4, -0.2) is 34.7 Å². The van der Waals surface area contributed by atoms with Gasteiger partial charge in [0.05, 0.1) is 0 Å². The van der Waals surface area contributed by atoms with Crippen LogP contribution in [0.5, 0.6) is 0 Å². The van der Waals surface area contributed by atoms with E-state index in [4.69, 9.17) is 4.52 Å².